The van der Waals surface area contributed by atoms with E-state index in [1.165, 1.54) is 6.07 Å². The molecule has 0 aromatic heterocycles. The molecule has 0 unspecified atom stereocenters. The summed E-state index contributed by atoms with van der Waals surface area (Å²) in [6, 6.07) is 4.70. The normalized spacial score (nSPS) is 16.3. The van der Waals surface area contributed by atoms with E-state index in [-0.39, 0.29) is 34.5 Å². The van der Waals surface area contributed by atoms with Crippen LogP contribution in [0.4, 0.5) is 4.39 Å². The summed E-state index contributed by atoms with van der Waals surface area (Å²) in [5, 5.41) is 6.71. The van der Waals surface area contributed by atoms with Gasteiger partial charge in [0.25, 0.3) is 0 Å². The van der Waals surface area contributed by atoms with Crippen molar-refractivity contribution in [2.45, 2.75) is 25.9 Å². The second-order valence-electron chi connectivity index (χ2n) is 6.44. The molecule has 1 aromatic carbocycles. The largest absolute Gasteiger partial charge is 0.379 e. The number of ether oxygens (including phenoxy) is 1. The van der Waals surface area contributed by atoms with Gasteiger partial charge < -0.3 is 15.4 Å². The number of rotatable bonds is 5. The number of benzene rings is 1. The van der Waals surface area contributed by atoms with Crippen molar-refractivity contribution in [1.29, 1.82) is 0 Å². The number of aliphatic imine (C=N–C) groups is 1. The van der Waals surface area contributed by atoms with Crippen LogP contribution in [0.2, 0.25) is 5.02 Å². The van der Waals surface area contributed by atoms with E-state index < -0.39 is 5.82 Å². The molecule has 1 heterocycles. The van der Waals surface area contributed by atoms with Gasteiger partial charge in [0.05, 0.1) is 18.2 Å². The van der Waals surface area contributed by atoms with Gasteiger partial charge in [0, 0.05) is 38.8 Å². The lowest BCUT2D eigenvalue weighted by Crippen LogP contribution is -2.56. The van der Waals surface area contributed by atoms with Gasteiger partial charge in [0.1, 0.15) is 5.82 Å². The standard InChI is InChI=1S/C17H26ClFN4O.HI/c1-17(2,23-6-8-24-9-7-23)12-22-16(20-3)21-11-13-4-5-15(19)14(18)10-13;/h4-5,10H,6-9,11-12H2,1-3H3,(H2,20,21,22);1H. The van der Waals surface area contributed by atoms with Crippen molar-refractivity contribution in [3.63, 3.8) is 0 Å². The highest BCUT2D eigenvalue weighted by Gasteiger charge is 2.28. The molecular formula is C17H27ClFIN4O. The van der Waals surface area contributed by atoms with Crippen LogP contribution in [0.15, 0.2) is 23.2 Å². The fraction of sp³-hybridized carbons (Fsp3) is 0.588. The van der Waals surface area contributed by atoms with E-state index >= 15 is 0 Å². The van der Waals surface area contributed by atoms with Gasteiger partial charge >= 0.3 is 0 Å². The summed E-state index contributed by atoms with van der Waals surface area (Å²) in [5.41, 5.74) is 0.900. The Kier molecular flexibility index (Phi) is 9.40. The van der Waals surface area contributed by atoms with Crippen molar-refractivity contribution in [3.8, 4) is 0 Å². The van der Waals surface area contributed by atoms with Crippen LogP contribution >= 0.6 is 35.6 Å². The lowest BCUT2D eigenvalue weighted by molar-refractivity contribution is -0.00834. The Morgan fingerprint density at radius 1 is 1.32 bits per heavy atom. The second-order valence-corrected chi connectivity index (χ2v) is 6.85. The molecule has 1 aliphatic rings. The van der Waals surface area contributed by atoms with E-state index in [2.05, 4.69) is 34.4 Å². The number of hydrogen-bond donors (Lipinski definition) is 2. The van der Waals surface area contributed by atoms with Crippen LogP contribution < -0.4 is 10.6 Å². The molecule has 0 saturated carbocycles. The minimum atomic E-state index is -0.407. The third kappa shape index (κ3) is 6.88. The molecule has 0 radical (unpaired) electrons. The van der Waals surface area contributed by atoms with E-state index in [1.54, 1.807) is 19.2 Å². The maximum atomic E-state index is 13.2. The lowest BCUT2D eigenvalue weighted by Gasteiger charge is -2.41. The van der Waals surface area contributed by atoms with E-state index in [9.17, 15) is 4.39 Å². The van der Waals surface area contributed by atoms with Crippen LogP contribution in [0, 0.1) is 5.82 Å². The summed E-state index contributed by atoms with van der Waals surface area (Å²) in [4.78, 5) is 6.65. The van der Waals surface area contributed by atoms with Crippen LogP contribution in [-0.2, 0) is 11.3 Å². The summed E-state index contributed by atoms with van der Waals surface area (Å²) >= 11 is 5.81. The fourth-order valence-electron chi connectivity index (χ4n) is 2.64. The van der Waals surface area contributed by atoms with Crippen molar-refractivity contribution >= 4 is 41.5 Å². The van der Waals surface area contributed by atoms with E-state index in [0.717, 1.165) is 38.4 Å². The molecule has 142 valence electrons. The maximum absolute atomic E-state index is 13.2. The smallest absolute Gasteiger partial charge is 0.191 e. The average molecular weight is 485 g/mol. The quantitative estimate of drug-likeness (QED) is 0.383. The van der Waals surface area contributed by atoms with Crippen LogP contribution in [-0.4, -0.2) is 56.3 Å². The first-order valence-corrected chi connectivity index (χ1v) is 8.51. The zero-order valence-corrected chi connectivity index (χ0v) is 18.0. The first-order chi connectivity index (χ1) is 11.4. The molecule has 0 amide bonds. The molecule has 2 rings (SSSR count). The Morgan fingerprint density at radius 3 is 2.60 bits per heavy atom. The summed E-state index contributed by atoms with van der Waals surface area (Å²) in [6.45, 7) is 9.14. The Labute approximate surface area is 171 Å². The topological polar surface area (TPSA) is 48.9 Å². The maximum Gasteiger partial charge on any atom is 0.191 e. The average Bonchev–Trinajstić information content (AvgIpc) is 2.59. The van der Waals surface area contributed by atoms with Gasteiger partial charge in [-0.1, -0.05) is 17.7 Å². The summed E-state index contributed by atoms with van der Waals surface area (Å²) in [5.74, 6) is 0.298. The number of morpholine rings is 1. The predicted octanol–water partition coefficient (Wildman–Crippen LogP) is 2.87. The Bertz CT molecular complexity index is 580. The van der Waals surface area contributed by atoms with Gasteiger partial charge in [-0.25, -0.2) is 4.39 Å². The summed E-state index contributed by atoms with van der Waals surface area (Å²) in [6.07, 6.45) is 0. The van der Waals surface area contributed by atoms with Crippen molar-refractivity contribution in [3.05, 3.63) is 34.6 Å². The zero-order valence-electron chi connectivity index (χ0n) is 14.9. The van der Waals surface area contributed by atoms with Gasteiger partial charge in [0.15, 0.2) is 5.96 Å². The molecule has 0 bridgehead atoms. The second kappa shape index (κ2) is 10.5. The van der Waals surface area contributed by atoms with Crippen molar-refractivity contribution in [2.75, 3.05) is 39.9 Å². The Balaban J connectivity index is 0.00000312. The lowest BCUT2D eigenvalue weighted by atomic mass is 10.0. The van der Waals surface area contributed by atoms with E-state index in [1.807, 2.05) is 0 Å². The molecule has 0 atom stereocenters. The third-order valence-corrected chi connectivity index (χ3v) is 4.51. The van der Waals surface area contributed by atoms with Crippen LogP contribution in [0.25, 0.3) is 0 Å². The zero-order chi connectivity index (χ0) is 17.6. The summed E-state index contributed by atoms with van der Waals surface area (Å²) < 4.78 is 18.6. The van der Waals surface area contributed by atoms with E-state index in [0.29, 0.717) is 12.5 Å². The Hall–Kier alpha value is -0.640. The minimum absolute atomic E-state index is 0. The molecular weight excluding hydrogens is 458 g/mol. The van der Waals surface area contributed by atoms with E-state index in [4.69, 9.17) is 16.3 Å². The first-order valence-electron chi connectivity index (χ1n) is 8.13. The first kappa shape index (κ1) is 22.4. The van der Waals surface area contributed by atoms with Crippen molar-refractivity contribution < 1.29 is 9.13 Å². The predicted molar refractivity (Wildman–Crippen MR) is 111 cm³/mol. The van der Waals surface area contributed by atoms with Crippen LogP contribution in [0.1, 0.15) is 19.4 Å². The molecule has 1 saturated heterocycles. The van der Waals surface area contributed by atoms with Gasteiger partial charge in [-0.05, 0) is 31.5 Å². The molecule has 25 heavy (non-hydrogen) atoms. The van der Waals surface area contributed by atoms with Crippen molar-refractivity contribution in [1.82, 2.24) is 15.5 Å². The highest BCUT2D eigenvalue weighted by Crippen LogP contribution is 2.16. The van der Waals surface area contributed by atoms with Crippen LogP contribution in [0.3, 0.4) is 0 Å². The van der Waals surface area contributed by atoms with Gasteiger partial charge in [-0.3, -0.25) is 9.89 Å². The molecule has 1 aromatic rings. The summed E-state index contributed by atoms with van der Waals surface area (Å²) in [7, 11) is 1.73. The molecule has 2 N–H and O–H groups in total. The van der Waals surface area contributed by atoms with Gasteiger partial charge in [0.2, 0.25) is 0 Å². The van der Waals surface area contributed by atoms with Gasteiger partial charge in [-0.2, -0.15) is 0 Å². The number of nitrogens with one attached hydrogen (secondary N) is 2. The minimum Gasteiger partial charge on any atom is -0.379 e. The highest BCUT2D eigenvalue weighted by molar-refractivity contribution is 14.0. The number of halogens is 3. The SMILES string of the molecule is CN=C(NCc1ccc(F)c(Cl)c1)NCC(C)(C)N1CCOCC1.I. The number of guanidine groups is 1. The molecule has 1 fully saturated rings. The third-order valence-electron chi connectivity index (χ3n) is 4.22. The highest BCUT2D eigenvalue weighted by atomic mass is 127. The number of nitrogens with zero attached hydrogens (tertiary/aromatic N) is 2. The number of hydrogen-bond acceptors (Lipinski definition) is 3. The monoisotopic (exact) mass is 484 g/mol. The molecule has 8 heteroatoms. The molecule has 0 aliphatic carbocycles. The Morgan fingerprint density at radius 2 is 2.00 bits per heavy atom. The van der Waals surface area contributed by atoms with Crippen LogP contribution in [0.5, 0.6) is 0 Å². The van der Waals surface area contributed by atoms with Gasteiger partial charge in [-0.15, -0.1) is 24.0 Å². The molecule has 0 spiro atoms. The molecule has 5 nitrogen and oxygen atoms in total. The molecule has 1 aliphatic heterocycles. The van der Waals surface area contributed by atoms with Crippen molar-refractivity contribution in [2.24, 2.45) is 4.99 Å². The fourth-order valence-corrected chi connectivity index (χ4v) is 2.84.